The SMILES string of the molecule is CCc1cccc(OCC(=O)N/N=C/c2ccc(F)cc2)c1. The Balaban J connectivity index is 1.79. The van der Waals surface area contributed by atoms with Crippen molar-refractivity contribution in [3.8, 4) is 5.75 Å². The third-order valence-electron chi connectivity index (χ3n) is 2.95. The van der Waals surface area contributed by atoms with Gasteiger partial charge in [-0.3, -0.25) is 4.79 Å². The Labute approximate surface area is 128 Å². The molecule has 0 bridgehead atoms. The molecule has 0 aliphatic heterocycles. The molecule has 0 radical (unpaired) electrons. The zero-order valence-corrected chi connectivity index (χ0v) is 12.3. The maximum Gasteiger partial charge on any atom is 0.277 e. The van der Waals surface area contributed by atoms with Crippen LogP contribution >= 0.6 is 0 Å². The number of hydrogen-bond donors (Lipinski definition) is 1. The molecule has 114 valence electrons. The number of hydrogen-bond acceptors (Lipinski definition) is 3. The van der Waals surface area contributed by atoms with Crippen LogP contribution in [0.25, 0.3) is 0 Å². The third kappa shape index (κ3) is 5.01. The summed E-state index contributed by atoms with van der Waals surface area (Å²) in [7, 11) is 0. The van der Waals surface area contributed by atoms with Gasteiger partial charge in [0, 0.05) is 0 Å². The molecule has 0 fully saturated rings. The van der Waals surface area contributed by atoms with Gasteiger partial charge in [-0.2, -0.15) is 5.10 Å². The zero-order chi connectivity index (χ0) is 15.8. The van der Waals surface area contributed by atoms with Gasteiger partial charge in [-0.1, -0.05) is 31.2 Å². The van der Waals surface area contributed by atoms with Crippen LogP contribution in [-0.2, 0) is 11.2 Å². The highest BCUT2D eigenvalue weighted by molar-refractivity contribution is 5.82. The molecule has 0 aliphatic rings. The molecule has 2 aromatic rings. The summed E-state index contributed by atoms with van der Waals surface area (Å²) in [6, 6.07) is 13.4. The number of amides is 1. The van der Waals surface area contributed by atoms with E-state index in [2.05, 4.69) is 17.5 Å². The minimum Gasteiger partial charge on any atom is -0.484 e. The van der Waals surface area contributed by atoms with Gasteiger partial charge in [-0.05, 0) is 41.8 Å². The Morgan fingerprint density at radius 1 is 1.27 bits per heavy atom. The molecule has 5 heteroatoms. The van der Waals surface area contributed by atoms with Crippen molar-refractivity contribution >= 4 is 12.1 Å². The van der Waals surface area contributed by atoms with Gasteiger partial charge in [0.25, 0.3) is 5.91 Å². The van der Waals surface area contributed by atoms with Crippen LogP contribution in [0.5, 0.6) is 5.75 Å². The van der Waals surface area contributed by atoms with Crippen molar-refractivity contribution in [2.45, 2.75) is 13.3 Å². The van der Waals surface area contributed by atoms with E-state index in [1.807, 2.05) is 18.2 Å². The molecule has 0 aromatic heterocycles. The van der Waals surface area contributed by atoms with Gasteiger partial charge >= 0.3 is 0 Å². The van der Waals surface area contributed by atoms with E-state index in [4.69, 9.17) is 4.74 Å². The highest BCUT2D eigenvalue weighted by Gasteiger charge is 2.01. The number of nitrogens with zero attached hydrogens (tertiary/aromatic N) is 1. The first-order chi connectivity index (χ1) is 10.7. The molecule has 1 amide bonds. The maximum absolute atomic E-state index is 12.7. The number of rotatable bonds is 6. The van der Waals surface area contributed by atoms with Crippen molar-refractivity contribution in [3.05, 3.63) is 65.5 Å². The first kappa shape index (κ1) is 15.7. The second-order valence-corrected chi connectivity index (χ2v) is 4.63. The molecule has 2 aromatic carbocycles. The maximum atomic E-state index is 12.7. The van der Waals surface area contributed by atoms with Crippen molar-refractivity contribution in [1.82, 2.24) is 5.43 Å². The number of nitrogens with one attached hydrogen (secondary N) is 1. The van der Waals surface area contributed by atoms with Crippen LogP contribution in [0.1, 0.15) is 18.1 Å². The topological polar surface area (TPSA) is 50.7 Å². The lowest BCUT2D eigenvalue weighted by Gasteiger charge is -2.06. The lowest BCUT2D eigenvalue weighted by Crippen LogP contribution is -2.24. The molecule has 0 aliphatic carbocycles. The standard InChI is InChI=1S/C17H17FN2O2/c1-2-13-4-3-5-16(10-13)22-12-17(21)20-19-11-14-6-8-15(18)9-7-14/h3-11H,2,12H2,1H3,(H,20,21)/b19-11+. The molecule has 22 heavy (non-hydrogen) atoms. The van der Waals surface area contributed by atoms with Gasteiger partial charge in [0.1, 0.15) is 11.6 Å². The fourth-order valence-corrected chi connectivity index (χ4v) is 1.76. The predicted molar refractivity (Wildman–Crippen MR) is 83.5 cm³/mol. The van der Waals surface area contributed by atoms with Gasteiger partial charge in [0.15, 0.2) is 6.61 Å². The van der Waals surface area contributed by atoms with Crippen LogP contribution in [0, 0.1) is 5.82 Å². The van der Waals surface area contributed by atoms with E-state index in [9.17, 15) is 9.18 Å². The lowest BCUT2D eigenvalue weighted by molar-refractivity contribution is -0.123. The van der Waals surface area contributed by atoms with E-state index >= 15 is 0 Å². The summed E-state index contributed by atoms with van der Waals surface area (Å²) in [6.07, 6.45) is 2.35. The number of carbonyl (C=O) groups is 1. The van der Waals surface area contributed by atoms with Gasteiger partial charge in [-0.15, -0.1) is 0 Å². The lowest BCUT2D eigenvalue weighted by atomic mass is 10.2. The third-order valence-corrected chi connectivity index (χ3v) is 2.95. The van der Waals surface area contributed by atoms with Crippen molar-refractivity contribution in [2.24, 2.45) is 5.10 Å². The molecular weight excluding hydrogens is 283 g/mol. The number of benzene rings is 2. The largest absolute Gasteiger partial charge is 0.484 e. The number of carbonyl (C=O) groups excluding carboxylic acids is 1. The Bertz CT molecular complexity index is 654. The zero-order valence-electron chi connectivity index (χ0n) is 12.3. The second kappa shape index (κ2) is 7.93. The second-order valence-electron chi connectivity index (χ2n) is 4.63. The number of aryl methyl sites for hydroxylation is 1. The van der Waals surface area contributed by atoms with Gasteiger partial charge < -0.3 is 4.74 Å². The monoisotopic (exact) mass is 300 g/mol. The summed E-state index contributed by atoms with van der Waals surface area (Å²) in [6.45, 7) is 1.93. The minimum absolute atomic E-state index is 0.117. The van der Waals surface area contributed by atoms with E-state index < -0.39 is 0 Å². The Morgan fingerprint density at radius 2 is 2.05 bits per heavy atom. The average molecular weight is 300 g/mol. The number of hydrazone groups is 1. The van der Waals surface area contributed by atoms with Crippen molar-refractivity contribution in [3.63, 3.8) is 0 Å². The summed E-state index contributed by atoms with van der Waals surface area (Å²) < 4.78 is 18.1. The van der Waals surface area contributed by atoms with Gasteiger partial charge in [0.05, 0.1) is 6.21 Å². The van der Waals surface area contributed by atoms with E-state index in [1.54, 1.807) is 18.2 Å². The molecule has 0 saturated heterocycles. The Kier molecular flexibility index (Phi) is 5.65. The van der Waals surface area contributed by atoms with Crippen molar-refractivity contribution < 1.29 is 13.9 Å². The molecule has 4 nitrogen and oxygen atoms in total. The molecule has 0 spiro atoms. The van der Waals surface area contributed by atoms with Gasteiger partial charge in [0.2, 0.25) is 0 Å². The van der Waals surface area contributed by atoms with Crippen molar-refractivity contribution in [2.75, 3.05) is 6.61 Å². The van der Waals surface area contributed by atoms with Crippen molar-refractivity contribution in [1.29, 1.82) is 0 Å². The van der Waals surface area contributed by atoms with E-state index in [1.165, 1.54) is 18.3 Å². The number of ether oxygens (including phenoxy) is 1. The highest BCUT2D eigenvalue weighted by atomic mass is 19.1. The first-order valence-corrected chi connectivity index (χ1v) is 6.96. The van der Waals surface area contributed by atoms with Crippen LogP contribution in [0.2, 0.25) is 0 Å². The summed E-state index contributed by atoms with van der Waals surface area (Å²) >= 11 is 0. The minimum atomic E-state index is -0.361. The van der Waals surface area contributed by atoms with E-state index in [0.717, 1.165) is 12.0 Å². The quantitative estimate of drug-likeness (QED) is 0.659. The number of halogens is 1. The molecular formula is C17H17FN2O2. The van der Waals surface area contributed by atoms with Crippen LogP contribution in [0.4, 0.5) is 4.39 Å². The molecule has 0 saturated carbocycles. The molecule has 0 heterocycles. The first-order valence-electron chi connectivity index (χ1n) is 6.96. The Hall–Kier alpha value is -2.69. The van der Waals surface area contributed by atoms with Gasteiger partial charge in [-0.25, -0.2) is 9.82 Å². The highest BCUT2D eigenvalue weighted by Crippen LogP contribution is 2.13. The molecule has 1 N–H and O–H groups in total. The molecule has 0 unspecified atom stereocenters. The van der Waals surface area contributed by atoms with E-state index in [0.29, 0.717) is 11.3 Å². The van der Waals surface area contributed by atoms with Crippen LogP contribution in [0.15, 0.2) is 53.6 Å². The summed E-state index contributed by atoms with van der Waals surface area (Å²) in [4.78, 5) is 11.6. The van der Waals surface area contributed by atoms with Crippen LogP contribution in [-0.4, -0.2) is 18.7 Å². The summed E-state index contributed by atoms with van der Waals surface area (Å²) in [5.74, 6) is -0.0267. The summed E-state index contributed by atoms with van der Waals surface area (Å²) in [5.41, 5.74) is 4.19. The fourth-order valence-electron chi connectivity index (χ4n) is 1.76. The molecule has 2 rings (SSSR count). The van der Waals surface area contributed by atoms with E-state index in [-0.39, 0.29) is 18.3 Å². The summed E-state index contributed by atoms with van der Waals surface area (Å²) in [5, 5.41) is 3.79. The van der Waals surface area contributed by atoms with Crippen LogP contribution < -0.4 is 10.2 Å². The molecule has 0 atom stereocenters. The smallest absolute Gasteiger partial charge is 0.277 e. The average Bonchev–Trinajstić information content (AvgIpc) is 2.55. The normalized spacial score (nSPS) is 10.6. The fraction of sp³-hybridized carbons (Fsp3) is 0.176. The predicted octanol–water partition coefficient (Wildman–Crippen LogP) is 2.92. The Morgan fingerprint density at radius 3 is 2.77 bits per heavy atom. The van der Waals surface area contributed by atoms with Crippen LogP contribution in [0.3, 0.4) is 0 Å².